The standard InChI is InChI=1S/C6H4F2NOP/c7-3-2-6(11-10)4(8)1-5(3)9/h1-2H,9H2. The Labute approximate surface area is 63.2 Å². The van der Waals surface area contributed by atoms with Crippen molar-refractivity contribution in [3.8, 4) is 0 Å². The molecule has 1 rings (SSSR count). The van der Waals surface area contributed by atoms with E-state index < -0.39 is 20.1 Å². The van der Waals surface area contributed by atoms with Crippen LogP contribution >= 0.6 is 8.46 Å². The molecule has 0 aliphatic heterocycles. The monoisotopic (exact) mass is 175 g/mol. The van der Waals surface area contributed by atoms with E-state index in [-0.39, 0.29) is 11.0 Å². The van der Waals surface area contributed by atoms with E-state index in [1.165, 1.54) is 0 Å². The number of hydrogen-bond donors (Lipinski definition) is 1. The summed E-state index contributed by atoms with van der Waals surface area (Å²) in [5.41, 5.74) is 4.74. The lowest BCUT2D eigenvalue weighted by molar-refractivity contribution is 0.595. The van der Waals surface area contributed by atoms with Crippen LogP contribution in [0.5, 0.6) is 0 Å². The van der Waals surface area contributed by atoms with Crippen molar-refractivity contribution in [3.63, 3.8) is 0 Å². The molecule has 0 radical (unpaired) electrons. The Kier molecular flexibility index (Phi) is 2.15. The molecule has 0 amide bonds. The summed E-state index contributed by atoms with van der Waals surface area (Å²) >= 11 is 0. The first-order valence-corrected chi connectivity index (χ1v) is 3.54. The first kappa shape index (κ1) is 8.08. The molecule has 0 heterocycles. The molecule has 1 aromatic carbocycles. The molecule has 2 N–H and O–H groups in total. The van der Waals surface area contributed by atoms with Crippen LogP contribution in [0.4, 0.5) is 14.5 Å². The maximum atomic E-state index is 12.6. The van der Waals surface area contributed by atoms with Crippen molar-refractivity contribution < 1.29 is 13.3 Å². The SMILES string of the molecule is Nc1cc(F)c(P=O)cc1F. The average molecular weight is 175 g/mol. The predicted octanol–water partition coefficient (Wildman–Crippen LogP) is 1.46. The van der Waals surface area contributed by atoms with Gasteiger partial charge in [0.05, 0.1) is 11.0 Å². The highest BCUT2D eigenvalue weighted by atomic mass is 31.1. The van der Waals surface area contributed by atoms with Gasteiger partial charge < -0.3 is 5.73 Å². The fourth-order valence-electron chi connectivity index (χ4n) is 0.622. The van der Waals surface area contributed by atoms with Crippen molar-refractivity contribution in [2.75, 3.05) is 5.73 Å². The number of rotatable bonds is 1. The average Bonchev–Trinajstić information content (AvgIpc) is 1.97. The normalized spacial score (nSPS) is 10.4. The second-order valence-corrected chi connectivity index (χ2v) is 2.58. The molecule has 0 saturated carbocycles. The summed E-state index contributed by atoms with van der Waals surface area (Å²) in [7, 11) is -0.551. The minimum absolute atomic E-state index is 0.225. The second-order valence-electron chi connectivity index (χ2n) is 1.92. The Balaban J connectivity index is 3.31. The third kappa shape index (κ3) is 1.52. The molecule has 0 fully saturated rings. The number of benzene rings is 1. The fraction of sp³-hybridized carbons (Fsp3) is 0. The van der Waals surface area contributed by atoms with Crippen LogP contribution in [0, 0.1) is 11.6 Å². The molecular formula is C6H4F2NOP. The van der Waals surface area contributed by atoms with Gasteiger partial charge in [-0.25, -0.2) is 8.78 Å². The lowest BCUT2D eigenvalue weighted by atomic mass is 10.3. The van der Waals surface area contributed by atoms with Crippen molar-refractivity contribution in [1.29, 1.82) is 0 Å². The molecule has 0 unspecified atom stereocenters. The summed E-state index contributed by atoms with van der Waals surface area (Å²) in [4.78, 5) is 0. The largest absolute Gasteiger partial charge is 0.396 e. The molecule has 5 heteroatoms. The van der Waals surface area contributed by atoms with Gasteiger partial charge in [-0.2, -0.15) is 0 Å². The molecule has 58 valence electrons. The van der Waals surface area contributed by atoms with Gasteiger partial charge in [-0.05, 0) is 6.07 Å². The third-order valence-corrected chi connectivity index (χ3v) is 1.70. The molecule has 0 spiro atoms. The van der Waals surface area contributed by atoms with Crippen LogP contribution in [-0.4, -0.2) is 0 Å². The zero-order chi connectivity index (χ0) is 8.43. The molecule has 0 aliphatic rings. The maximum Gasteiger partial charge on any atom is 0.195 e. The molecule has 11 heavy (non-hydrogen) atoms. The van der Waals surface area contributed by atoms with Gasteiger partial charge in [0, 0.05) is 6.07 Å². The molecule has 0 atom stereocenters. The van der Waals surface area contributed by atoms with E-state index in [9.17, 15) is 13.3 Å². The molecule has 1 aromatic rings. The van der Waals surface area contributed by atoms with Gasteiger partial charge >= 0.3 is 0 Å². The minimum Gasteiger partial charge on any atom is -0.396 e. The van der Waals surface area contributed by atoms with Crippen LogP contribution in [-0.2, 0) is 4.57 Å². The summed E-state index contributed by atoms with van der Waals surface area (Å²) in [5.74, 6) is -1.52. The predicted molar refractivity (Wildman–Crippen MR) is 38.0 cm³/mol. The van der Waals surface area contributed by atoms with Gasteiger partial charge in [-0.3, -0.25) is 4.57 Å². The van der Waals surface area contributed by atoms with Crippen LogP contribution < -0.4 is 11.0 Å². The fourth-order valence-corrected chi connectivity index (χ4v) is 0.939. The molecule has 0 bridgehead atoms. The van der Waals surface area contributed by atoms with E-state index in [0.717, 1.165) is 12.1 Å². The molecule has 0 aromatic heterocycles. The highest BCUT2D eigenvalue weighted by molar-refractivity contribution is 7.34. The third-order valence-electron chi connectivity index (χ3n) is 1.16. The van der Waals surface area contributed by atoms with Crippen molar-refractivity contribution in [2.45, 2.75) is 0 Å². The van der Waals surface area contributed by atoms with Crippen molar-refractivity contribution >= 4 is 19.5 Å². The van der Waals surface area contributed by atoms with Gasteiger partial charge in [0.15, 0.2) is 8.46 Å². The Morgan fingerprint density at radius 1 is 1.27 bits per heavy atom. The van der Waals surface area contributed by atoms with Crippen LogP contribution in [0.3, 0.4) is 0 Å². The summed E-state index contributed by atoms with van der Waals surface area (Å²) in [6, 6.07) is 1.61. The van der Waals surface area contributed by atoms with Gasteiger partial charge in [0.2, 0.25) is 0 Å². The summed E-state index contributed by atoms with van der Waals surface area (Å²) in [5, 5.41) is -0.225. The van der Waals surface area contributed by atoms with E-state index in [2.05, 4.69) is 0 Å². The zero-order valence-corrected chi connectivity index (χ0v) is 6.24. The maximum absolute atomic E-state index is 12.6. The van der Waals surface area contributed by atoms with Gasteiger partial charge in [-0.1, -0.05) is 0 Å². The van der Waals surface area contributed by atoms with E-state index in [1.807, 2.05) is 0 Å². The number of anilines is 1. The zero-order valence-electron chi connectivity index (χ0n) is 5.34. The van der Waals surface area contributed by atoms with E-state index in [1.54, 1.807) is 0 Å². The van der Waals surface area contributed by atoms with Gasteiger partial charge in [0.25, 0.3) is 0 Å². The summed E-state index contributed by atoms with van der Waals surface area (Å²) in [6.07, 6.45) is 0. The van der Waals surface area contributed by atoms with Crippen molar-refractivity contribution in [2.24, 2.45) is 0 Å². The first-order chi connectivity index (χ1) is 5.15. The van der Waals surface area contributed by atoms with Crippen LogP contribution in [0.25, 0.3) is 0 Å². The quantitative estimate of drug-likeness (QED) is 0.518. The number of nitrogen functional groups attached to an aromatic ring is 1. The molecule has 0 saturated heterocycles. The highest BCUT2D eigenvalue weighted by Crippen LogP contribution is 2.12. The first-order valence-electron chi connectivity index (χ1n) is 2.73. The number of hydrogen-bond acceptors (Lipinski definition) is 2. The van der Waals surface area contributed by atoms with Gasteiger partial charge in [0.1, 0.15) is 11.6 Å². The second kappa shape index (κ2) is 2.93. The molecule has 0 aliphatic carbocycles. The van der Waals surface area contributed by atoms with Crippen LogP contribution in [0.15, 0.2) is 12.1 Å². The van der Waals surface area contributed by atoms with Crippen molar-refractivity contribution in [1.82, 2.24) is 0 Å². The summed E-state index contributed by atoms with van der Waals surface area (Å²) in [6.45, 7) is 0. The smallest absolute Gasteiger partial charge is 0.195 e. The van der Waals surface area contributed by atoms with Crippen LogP contribution in [0.1, 0.15) is 0 Å². The Hall–Kier alpha value is -1.02. The Morgan fingerprint density at radius 2 is 1.91 bits per heavy atom. The van der Waals surface area contributed by atoms with E-state index >= 15 is 0 Å². The molecule has 2 nitrogen and oxygen atoms in total. The van der Waals surface area contributed by atoms with E-state index in [4.69, 9.17) is 5.73 Å². The Bertz CT molecular complexity index is 303. The number of halogens is 2. The lowest BCUT2D eigenvalue weighted by Gasteiger charge is -1.96. The van der Waals surface area contributed by atoms with Gasteiger partial charge in [-0.15, -0.1) is 0 Å². The minimum atomic E-state index is -0.763. The molecular weight excluding hydrogens is 171 g/mol. The van der Waals surface area contributed by atoms with E-state index in [0.29, 0.717) is 0 Å². The topological polar surface area (TPSA) is 43.1 Å². The summed E-state index contributed by atoms with van der Waals surface area (Å²) < 4.78 is 35.2. The number of nitrogens with two attached hydrogens (primary N) is 1. The van der Waals surface area contributed by atoms with Crippen LogP contribution in [0.2, 0.25) is 0 Å². The lowest BCUT2D eigenvalue weighted by Crippen LogP contribution is -2.03. The van der Waals surface area contributed by atoms with Crippen molar-refractivity contribution in [3.05, 3.63) is 23.8 Å². The highest BCUT2D eigenvalue weighted by Gasteiger charge is 2.06. The Morgan fingerprint density at radius 3 is 2.45 bits per heavy atom.